The molecule has 0 aliphatic rings. The zero-order chi connectivity index (χ0) is 16.7. The topological polar surface area (TPSA) is 76.5 Å². The largest absolute Gasteiger partial charge is 0.481 e. The highest BCUT2D eigenvalue weighted by atomic mass is 16.5. The van der Waals surface area contributed by atoms with Gasteiger partial charge >= 0.3 is 5.97 Å². The summed E-state index contributed by atoms with van der Waals surface area (Å²) >= 11 is 0. The number of benzene rings is 1. The summed E-state index contributed by atoms with van der Waals surface area (Å²) in [6.07, 6.45) is 0. The quantitative estimate of drug-likeness (QED) is 0.872. The van der Waals surface area contributed by atoms with Crippen molar-refractivity contribution in [2.24, 2.45) is 0 Å². The van der Waals surface area contributed by atoms with Gasteiger partial charge in [-0.3, -0.25) is 4.79 Å². The minimum absolute atomic E-state index is 0.110. The first-order valence-electron chi connectivity index (χ1n) is 6.92. The van der Waals surface area contributed by atoms with E-state index < -0.39 is 5.97 Å². The molecule has 0 spiro atoms. The van der Waals surface area contributed by atoms with Gasteiger partial charge in [0.05, 0.1) is 18.4 Å². The van der Waals surface area contributed by atoms with Crippen molar-refractivity contribution in [3.05, 3.63) is 47.5 Å². The van der Waals surface area contributed by atoms with Gasteiger partial charge in [0.15, 0.2) is 5.78 Å². The van der Waals surface area contributed by atoms with E-state index in [4.69, 9.17) is 9.84 Å². The molecule has 0 aliphatic carbocycles. The smallest absolute Gasteiger partial charge is 0.335 e. The molecule has 5 heteroatoms. The average molecular weight is 301 g/mol. The minimum atomic E-state index is -1.01. The first-order valence-corrected chi connectivity index (χ1v) is 6.92. The lowest BCUT2D eigenvalue weighted by Gasteiger charge is -2.07. The molecule has 0 saturated heterocycles. The van der Waals surface area contributed by atoms with Crippen molar-refractivity contribution in [3.8, 4) is 17.1 Å². The number of aromatic nitrogens is 1. The van der Waals surface area contributed by atoms with Crippen LogP contribution in [-0.2, 0) is 0 Å². The predicted octanol–water partition coefficient (Wildman–Crippen LogP) is 3.68. The zero-order valence-corrected chi connectivity index (χ0v) is 13.1. The van der Waals surface area contributed by atoms with Crippen LogP contribution in [0.15, 0.2) is 36.4 Å². The van der Waals surface area contributed by atoms with E-state index in [-0.39, 0.29) is 11.3 Å². The second-order valence-electron chi connectivity index (χ2n) is 4.23. The molecule has 22 heavy (non-hydrogen) atoms. The fraction of sp³-hybridized carbons (Fsp3) is 0.235. The van der Waals surface area contributed by atoms with Crippen LogP contribution in [0.25, 0.3) is 11.3 Å². The Bertz CT molecular complexity index is 680. The number of carbonyl (C=O) groups excluding carboxylic acids is 1. The van der Waals surface area contributed by atoms with Gasteiger partial charge in [-0.25, -0.2) is 9.78 Å². The summed E-state index contributed by atoms with van der Waals surface area (Å²) in [5, 5.41) is 9.00. The zero-order valence-electron chi connectivity index (χ0n) is 13.1. The number of hydrogen-bond acceptors (Lipinski definition) is 4. The number of pyridine rings is 1. The number of nitrogens with zero attached hydrogens (tertiary/aromatic N) is 1. The highest BCUT2D eigenvalue weighted by molar-refractivity contribution is 5.95. The molecular weight excluding hydrogens is 282 g/mol. The van der Waals surface area contributed by atoms with Crippen molar-refractivity contribution < 1.29 is 19.4 Å². The highest BCUT2D eigenvalue weighted by Gasteiger charge is 2.10. The molecule has 116 valence electrons. The molecule has 5 nitrogen and oxygen atoms in total. The summed E-state index contributed by atoms with van der Waals surface area (Å²) in [5.41, 5.74) is 1.74. The van der Waals surface area contributed by atoms with Crippen molar-refractivity contribution in [3.63, 3.8) is 0 Å². The van der Waals surface area contributed by atoms with E-state index in [0.717, 1.165) is 0 Å². The molecule has 0 amide bonds. The second kappa shape index (κ2) is 7.93. The van der Waals surface area contributed by atoms with Gasteiger partial charge in [-0.05, 0) is 25.1 Å². The highest BCUT2D eigenvalue weighted by Crippen LogP contribution is 2.23. The van der Waals surface area contributed by atoms with E-state index in [2.05, 4.69) is 4.98 Å². The summed E-state index contributed by atoms with van der Waals surface area (Å²) in [5.74, 6) is -0.809. The Morgan fingerprint density at radius 2 is 1.77 bits per heavy atom. The molecule has 0 atom stereocenters. The van der Waals surface area contributed by atoms with Crippen LogP contribution in [0, 0.1) is 0 Å². The van der Waals surface area contributed by atoms with Gasteiger partial charge < -0.3 is 9.84 Å². The third-order valence-corrected chi connectivity index (χ3v) is 2.82. The van der Waals surface area contributed by atoms with Crippen molar-refractivity contribution >= 4 is 11.8 Å². The normalized spacial score (nSPS) is 9.45. The molecule has 2 rings (SSSR count). The summed E-state index contributed by atoms with van der Waals surface area (Å²) in [6.45, 7) is 5.45. The van der Waals surface area contributed by atoms with Crippen LogP contribution >= 0.6 is 0 Å². The van der Waals surface area contributed by atoms with E-state index in [1.165, 1.54) is 26.2 Å². The van der Waals surface area contributed by atoms with Crippen LogP contribution in [0.4, 0.5) is 0 Å². The number of methoxy groups -OCH3 is 1. The first-order chi connectivity index (χ1) is 10.5. The van der Waals surface area contributed by atoms with Crippen molar-refractivity contribution in [1.82, 2.24) is 4.98 Å². The predicted molar refractivity (Wildman–Crippen MR) is 84.5 cm³/mol. The van der Waals surface area contributed by atoms with E-state index >= 15 is 0 Å². The molecular formula is C17H19NO4. The monoisotopic (exact) mass is 301 g/mol. The number of rotatable bonds is 4. The second-order valence-corrected chi connectivity index (χ2v) is 4.23. The lowest BCUT2D eigenvalue weighted by molar-refractivity contribution is 0.0696. The standard InChI is InChI=1S/C15H13NO4.C2H6/c1-9(17)12-7-13(16-14(8-12)20-2)10-4-3-5-11(6-10)15(18)19;1-2/h3-8H,1-2H3,(H,18,19);1-2H3. The first kappa shape index (κ1) is 17.4. The molecule has 0 unspecified atom stereocenters. The Hall–Kier alpha value is -2.69. The maximum atomic E-state index is 11.5. The van der Waals surface area contributed by atoms with Crippen molar-refractivity contribution in [2.45, 2.75) is 20.8 Å². The number of Topliss-reactive ketones (excluding diaryl/α,β-unsaturated/α-hetero) is 1. The molecule has 1 N–H and O–H groups in total. The third kappa shape index (κ3) is 4.15. The van der Waals surface area contributed by atoms with Gasteiger partial charge in [0.25, 0.3) is 0 Å². The maximum absolute atomic E-state index is 11.5. The van der Waals surface area contributed by atoms with E-state index in [9.17, 15) is 9.59 Å². The number of ketones is 1. The lowest BCUT2D eigenvalue weighted by atomic mass is 10.0. The Balaban J connectivity index is 0.00000116. The number of aromatic carboxylic acids is 1. The van der Waals surface area contributed by atoms with Gasteiger partial charge in [-0.1, -0.05) is 26.0 Å². The van der Waals surface area contributed by atoms with Crippen LogP contribution in [0.1, 0.15) is 41.5 Å². The van der Waals surface area contributed by atoms with Gasteiger partial charge in [-0.15, -0.1) is 0 Å². The van der Waals surface area contributed by atoms with Gasteiger partial charge in [0.1, 0.15) is 0 Å². The molecule has 0 fully saturated rings. The molecule has 0 saturated carbocycles. The maximum Gasteiger partial charge on any atom is 0.335 e. The Labute approximate surface area is 129 Å². The number of hydrogen-bond donors (Lipinski definition) is 1. The molecule has 0 bridgehead atoms. The Kier molecular flexibility index (Phi) is 6.25. The summed E-state index contributed by atoms with van der Waals surface area (Å²) in [7, 11) is 1.46. The van der Waals surface area contributed by atoms with Crippen LogP contribution in [-0.4, -0.2) is 29.0 Å². The average Bonchev–Trinajstić information content (AvgIpc) is 2.56. The van der Waals surface area contributed by atoms with Crippen LogP contribution in [0.2, 0.25) is 0 Å². The fourth-order valence-corrected chi connectivity index (χ4v) is 1.77. The van der Waals surface area contributed by atoms with Gasteiger partial charge in [0, 0.05) is 17.2 Å². The molecule has 1 heterocycles. The fourth-order valence-electron chi connectivity index (χ4n) is 1.77. The van der Waals surface area contributed by atoms with E-state index in [1.54, 1.807) is 24.3 Å². The molecule has 0 aliphatic heterocycles. The van der Waals surface area contributed by atoms with E-state index in [1.807, 2.05) is 13.8 Å². The number of ether oxygens (including phenoxy) is 1. The van der Waals surface area contributed by atoms with Crippen LogP contribution in [0.5, 0.6) is 5.88 Å². The number of carbonyl (C=O) groups is 2. The molecule has 0 radical (unpaired) electrons. The lowest BCUT2D eigenvalue weighted by Crippen LogP contribution is -1.99. The summed E-state index contributed by atoms with van der Waals surface area (Å²) in [6, 6.07) is 9.54. The van der Waals surface area contributed by atoms with Crippen molar-refractivity contribution in [1.29, 1.82) is 0 Å². The third-order valence-electron chi connectivity index (χ3n) is 2.82. The van der Waals surface area contributed by atoms with Gasteiger partial charge in [0.2, 0.25) is 5.88 Å². The summed E-state index contributed by atoms with van der Waals surface area (Å²) in [4.78, 5) is 26.7. The Morgan fingerprint density at radius 1 is 1.09 bits per heavy atom. The number of carboxylic acid groups (broad SMARTS) is 1. The van der Waals surface area contributed by atoms with Gasteiger partial charge in [-0.2, -0.15) is 0 Å². The SMILES string of the molecule is CC.COc1cc(C(C)=O)cc(-c2cccc(C(=O)O)c2)n1. The van der Waals surface area contributed by atoms with E-state index in [0.29, 0.717) is 22.7 Å². The number of carboxylic acids is 1. The molecule has 1 aromatic heterocycles. The molecule has 2 aromatic rings. The minimum Gasteiger partial charge on any atom is -0.481 e. The van der Waals surface area contributed by atoms with Crippen molar-refractivity contribution in [2.75, 3.05) is 7.11 Å². The van der Waals surface area contributed by atoms with Crippen LogP contribution < -0.4 is 4.74 Å². The molecule has 1 aromatic carbocycles. The Morgan fingerprint density at radius 3 is 2.32 bits per heavy atom. The van der Waals surface area contributed by atoms with Crippen LogP contribution in [0.3, 0.4) is 0 Å². The summed E-state index contributed by atoms with van der Waals surface area (Å²) < 4.78 is 5.07.